The first-order chi connectivity index (χ1) is 15.0. The van der Waals surface area contributed by atoms with Crippen LogP contribution >= 0.6 is 27.5 Å². The lowest BCUT2D eigenvalue weighted by Crippen LogP contribution is -2.21. The van der Waals surface area contributed by atoms with Gasteiger partial charge in [-0.2, -0.15) is 0 Å². The molecule has 162 valence electrons. The van der Waals surface area contributed by atoms with E-state index in [1.54, 1.807) is 13.2 Å². The molecule has 0 bridgehead atoms. The molecule has 7 heteroatoms. The smallest absolute Gasteiger partial charge is 0.262 e. The summed E-state index contributed by atoms with van der Waals surface area (Å²) < 4.78 is 12.2. The minimum Gasteiger partial charge on any atom is -0.493 e. The summed E-state index contributed by atoms with van der Waals surface area (Å²) in [4.78, 5) is 12.4. The summed E-state index contributed by atoms with van der Waals surface area (Å²) in [5, 5.41) is 6.92. The number of hydrogen-bond donors (Lipinski definition) is 2. The van der Waals surface area contributed by atoms with Gasteiger partial charge in [0.05, 0.1) is 7.11 Å². The van der Waals surface area contributed by atoms with Gasteiger partial charge in [-0.1, -0.05) is 63.4 Å². The number of benzene rings is 3. The van der Waals surface area contributed by atoms with E-state index in [4.69, 9.17) is 21.1 Å². The Labute approximate surface area is 195 Å². The van der Waals surface area contributed by atoms with Gasteiger partial charge in [0, 0.05) is 33.8 Å². The van der Waals surface area contributed by atoms with E-state index in [-0.39, 0.29) is 12.5 Å². The van der Waals surface area contributed by atoms with Gasteiger partial charge in [-0.15, -0.1) is 0 Å². The second-order valence-corrected chi connectivity index (χ2v) is 8.22. The van der Waals surface area contributed by atoms with E-state index in [1.165, 1.54) is 0 Å². The van der Waals surface area contributed by atoms with Crippen LogP contribution in [0.15, 0.2) is 65.1 Å². The standard InChI is InChI=1S/C24H24BrClN2O3/c1-16-7-9-18(10-8-16)28-23(29)15-31-24-19(20(25)11-12-22(24)30-2)14-27-13-17-5-3-4-6-21(17)26/h3-12,27H,13-15H2,1-2H3,(H,28,29). The Morgan fingerprint density at radius 2 is 1.77 bits per heavy atom. The number of carbonyl (C=O) groups is 1. The van der Waals surface area contributed by atoms with E-state index >= 15 is 0 Å². The van der Waals surface area contributed by atoms with Crippen molar-refractivity contribution in [1.29, 1.82) is 0 Å². The minimum absolute atomic E-state index is 0.141. The lowest BCUT2D eigenvalue weighted by Gasteiger charge is -2.17. The molecule has 0 atom stereocenters. The second-order valence-electron chi connectivity index (χ2n) is 6.96. The molecule has 0 unspecified atom stereocenters. The van der Waals surface area contributed by atoms with E-state index in [2.05, 4.69) is 26.6 Å². The van der Waals surface area contributed by atoms with Crippen molar-refractivity contribution in [2.75, 3.05) is 19.0 Å². The first-order valence-electron chi connectivity index (χ1n) is 9.76. The fraction of sp³-hybridized carbons (Fsp3) is 0.208. The third kappa shape index (κ3) is 6.47. The lowest BCUT2D eigenvalue weighted by atomic mass is 10.1. The molecule has 0 spiro atoms. The van der Waals surface area contributed by atoms with Crippen LogP contribution in [0.3, 0.4) is 0 Å². The van der Waals surface area contributed by atoms with Crippen molar-refractivity contribution in [2.24, 2.45) is 0 Å². The maximum Gasteiger partial charge on any atom is 0.262 e. The first-order valence-corrected chi connectivity index (χ1v) is 10.9. The maximum atomic E-state index is 12.4. The zero-order valence-corrected chi connectivity index (χ0v) is 19.7. The summed E-state index contributed by atoms with van der Waals surface area (Å²) in [6.07, 6.45) is 0. The Balaban J connectivity index is 1.68. The molecule has 0 saturated carbocycles. The van der Waals surface area contributed by atoms with Crippen LogP contribution in [0, 0.1) is 6.92 Å². The van der Waals surface area contributed by atoms with Crippen LogP contribution in [0.2, 0.25) is 5.02 Å². The monoisotopic (exact) mass is 502 g/mol. The van der Waals surface area contributed by atoms with Gasteiger partial charge in [0.25, 0.3) is 5.91 Å². The van der Waals surface area contributed by atoms with Crippen LogP contribution in [0.5, 0.6) is 11.5 Å². The summed E-state index contributed by atoms with van der Waals surface area (Å²) in [7, 11) is 1.57. The van der Waals surface area contributed by atoms with Crippen molar-refractivity contribution in [3.8, 4) is 11.5 Å². The fourth-order valence-corrected chi connectivity index (χ4v) is 3.66. The number of methoxy groups -OCH3 is 1. The van der Waals surface area contributed by atoms with Crippen molar-refractivity contribution >= 4 is 39.1 Å². The molecule has 3 aromatic rings. The average Bonchev–Trinajstić information content (AvgIpc) is 2.76. The van der Waals surface area contributed by atoms with Crippen molar-refractivity contribution in [2.45, 2.75) is 20.0 Å². The maximum absolute atomic E-state index is 12.4. The highest BCUT2D eigenvalue weighted by Crippen LogP contribution is 2.36. The Hall–Kier alpha value is -2.54. The normalized spacial score (nSPS) is 10.6. The van der Waals surface area contributed by atoms with Crippen molar-refractivity contribution in [3.63, 3.8) is 0 Å². The molecule has 0 heterocycles. The third-order valence-corrected chi connectivity index (χ3v) is 5.76. The van der Waals surface area contributed by atoms with Crippen LogP contribution in [0.1, 0.15) is 16.7 Å². The summed E-state index contributed by atoms with van der Waals surface area (Å²) in [5.41, 5.74) is 3.71. The molecule has 31 heavy (non-hydrogen) atoms. The molecule has 3 rings (SSSR count). The molecule has 0 aliphatic rings. The number of halogens is 2. The van der Waals surface area contributed by atoms with Crippen LogP contribution in [-0.2, 0) is 17.9 Å². The summed E-state index contributed by atoms with van der Waals surface area (Å²) in [5.74, 6) is 0.823. The molecular weight excluding hydrogens is 480 g/mol. The van der Waals surface area contributed by atoms with Crippen LogP contribution in [-0.4, -0.2) is 19.6 Å². The zero-order chi connectivity index (χ0) is 22.2. The second kappa shape index (κ2) is 11.2. The summed E-state index contributed by atoms with van der Waals surface area (Å²) >= 11 is 9.81. The largest absolute Gasteiger partial charge is 0.493 e. The molecule has 0 saturated heterocycles. The van der Waals surface area contributed by atoms with Gasteiger partial charge in [-0.3, -0.25) is 4.79 Å². The Morgan fingerprint density at radius 3 is 2.48 bits per heavy atom. The van der Waals surface area contributed by atoms with Crippen LogP contribution in [0.4, 0.5) is 5.69 Å². The molecule has 0 fully saturated rings. The molecule has 0 aliphatic heterocycles. The predicted octanol–water partition coefficient (Wildman–Crippen LogP) is 5.73. The first kappa shape index (κ1) is 23.1. The topological polar surface area (TPSA) is 59.6 Å². The average molecular weight is 504 g/mol. The quantitative estimate of drug-likeness (QED) is 0.392. The van der Waals surface area contributed by atoms with E-state index in [0.717, 1.165) is 26.9 Å². The molecule has 0 radical (unpaired) electrons. The van der Waals surface area contributed by atoms with Crippen molar-refractivity contribution in [1.82, 2.24) is 5.32 Å². The summed E-state index contributed by atoms with van der Waals surface area (Å²) in [6, 6.07) is 19.0. The number of ether oxygens (including phenoxy) is 2. The molecule has 0 aromatic heterocycles. The van der Waals surface area contributed by atoms with Crippen molar-refractivity contribution < 1.29 is 14.3 Å². The zero-order valence-electron chi connectivity index (χ0n) is 17.4. The number of anilines is 1. The number of aryl methyl sites for hydroxylation is 1. The Kier molecular flexibility index (Phi) is 8.35. The molecule has 0 aliphatic carbocycles. The molecule has 1 amide bonds. The van der Waals surface area contributed by atoms with E-state index in [9.17, 15) is 4.79 Å². The minimum atomic E-state index is -0.249. The van der Waals surface area contributed by atoms with Gasteiger partial charge in [-0.25, -0.2) is 0 Å². The lowest BCUT2D eigenvalue weighted by molar-refractivity contribution is -0.118. The molecular formula is C24H24BrClN2O3. The third-order valence-electron chi connectivity index (χ3n) is 4.65. The molecule has 5 nitrogen and oxygen atoms in total. The van der Waals surface area contributed by atoms with Crippen molar-refractivity contribution in [3.05, 3.63) is 86.8 Å². The molecule has 3 aromatic carbocycles. The SMILES string of the molecule is COc1ccc(Br)c(CNCc2ccccc2Cl)c1OCC(=O)Nc1ccc(C)cc1. The number of rotatable bonds is 9. The number of hydrogen-bond acceptors (Lipinski definition) is 4. The van der Waals surface area contributed by atoms with E-state index in [1.807, 2.05) is 61.5 Å². The van der Waals surface area contributed by atoms with E-state index < -0.39 is 0 Å². The number of amides is 1. The fourth-order valence-electron chi connectivity index (χ4n) is 3.00. The highest BCUT2D eigenvalue weighted by molar-refractivity contribution is 9.10. The number of carbonyl (C=O) groups excluding carboxylic acids is 1. The highest BCUT2D eigenvalue weighted by Gasteiger charge is 2.16. The summed E-state index contributed by atoms with van der Waals surface area (Å²) in [6.45, 7) is 2.95. The van der Waals surface area contributed by atoms with Gasteiger partial charge >= 0.3 is 0 Å². The predicted molar refractivity (Wildman–Crippen MR) is 128 cm³/mol. The Bertz CT molecular complexity index is 1040. The van der Waals surface area contributed by atoms with E-state index in [0.29, 0.717) is 29.6 Å². The van der Waals surface area contributed by atoms with Gasteiger partial charge < -0.3 is 20.1 Å². The van der Waals surface area contributed by atoms with Crippen LogP contribution in [0.25, 0.3) is 0 Å². The van der Waals surface area contributed by atoms with Gasteiger partial charge in [0.1, 0.15) is 0 Å². The molecule has 2 N–H and O–H groups in total. The van der Waals surface area contributed by atoms with Gasteiger partial charge in [0.2, 0.25) is 0 Å². The van der Waals surface area contributed by atoms with Crippen LogP contribution < -0.4 is 20.1 Å². The highest BCUT2D eigenvalue weighted by atomic mass is 79.9. The number of nitrogens with one attached hydrogen (secondary N) is 2. The Morgan fingerprint density at radius 1 is 1.03 bits per heavy atom. The van der Waals surface area contributed by atoms with Gasteiger partial charge in [-0.05, 0) is 42.8 Å². The van der Waals surface area contributed by atoms with Gasteiger partial charge in [0.15, 0.2) is 18.1 Å².